The smallest absolute Gasteiger partial charge is 0.270 e. The Labute approximate surface area is 177 Å². The number of halogens is 3. The van der Waals surface area contributed by atoms with Crippen molar-refractivity contribution in [3.05, 3.63) is 70.4 Å². The zero-order valence-electron chi connectivity index (χ0n) is 16.2. The van der Waals surface area contributed by atoms with Crippen LogP contribution in [0.25, 0.3) is 10.9 Å². The molecule has 3 heterocycles. The van der Waals surface area contributed by atoms with Crippen LogP contribution in [0.4, 0.5) is 8.78 Å². The molecule has 0 saturated carbocycles. The van der Waals surface area contributed by atoms with Crippen molar-refractivity contribution in [2.75, 3.05) is 0 Å². The number of aromatic nitrogens is 1. The van der Waals surface area contributed by atoms with Crippen molar-refractivity contribution in [3.63, 3.8) is 0 Å². The molecule has 3 aromatic rings. The van der Waals surface area contributed by atoms with Crippen LogP contribution in [0.15, 0.2) is 42.5 Å². The first-order valence-corrected chi connectivity index (χ1v) is 10.5. The number of carbonyl (C=O) groups excluding carboxylic acids is 1. The molecule has 30 heavy (non-hydrogen) atoms. The molecule has 0 spiro atoms. The van der Waals surface area contributed by atoms with Gasteiger partial charge in [0, 0.05) is 40.5 Å². The number of hydrogen-bond donors (Lipinski definition) is 2. The number of nitrogens with zero attached hydrogens (tertiary/aromatic N) is 1. The quantitative estimate of drug-likeness (QED) is 0.624. The molecule has 2 aromatic carbocycles. The number of H-pyrrole nitrogens is 1. The molecular weight excluding hydrogens is 410 g/mol. The van der Waals surface area contributed by atoms with Crippen LogP contribution < -0.4 is 0 Å². The number of fused-ring (bicyclic) bond motifs is 3. The van der Waals surface area contributed by atoms with Crippen molar-refractivity contribution in [2.45, 2.75) is 49.8 Å². The van der Waals surface area contributed by atoms with Crippen LogP contribution in [0.3, 0.4) is 0 Å². The van der Waals surface area contributed by atoms with Crippen LogP contribution in [0.2, 0.25) is 5.02 Å². The number of rotatable bonds is 3. The fourth-order valence-corrected chi connectivity index (χ4v) is 5.36. The lowest BCUT2D eigenvalue weighted by atomic mass is 9.81. The predicted octanol–water partition coefficient (Wildman–Crippen LogP) is 4.84. The molecule has 2 fully saturated rings. The standard InChI is InChI=1S/C23H21ClF2N2O2/c24-15-2-6-20-14(7-15)8-21(27-20)22(29)28-17-4-5-18(28)12-23(30,11-17)10-13-1-3-16(25)9-19(13)26/h1-3,6-9,17-18,27,30H,4-5,10-12H2/t17-,18-/m0/s1. The van der Waals surface area contributed by atoms with E-state index in [9.17, 15) is 18.7 Å². The predicted molar refractivity (Wildman–Crippen MR) is 111 cm³/mol. The molecule has 4 nitrogen and oxygen atoms in total. The molecule has 1 amide bonds. The number of benzene rings is 2. The Morgan fingerprint density at radius 3 is 2.57 bits per heavy atom. The second-order valence-corrected chi connectivity index (χ2v) is 8.99. The van der Waals surface area contributed by atoms with Gasteiger partial charge >= 0.3 is 0 Å². The second kappa shape index (κ2) is 7.06. The Morgan fingerprint density at radius 2 is 1.87 bits per heavy atom. The maximum atomic E-state index is 14.1. The summed E-state index contributed by atoms with van der Waals surface area (Å²) in [6.45, 7) is 0. The van der Waals surface area contributed by atoms with Gasteiger partial charge in [0.25, 0.3) is 5.91 Å². The summed E-state index contributed by atoms with van der Waals surface area (Å²) in [5.74, 6) is -1.38. The maximum absolute atomic E-state index is 14.1. The van der Waals surface area contributed by atoms with Crippen molar-refractivity contribution in [3.8, 4) is 0 Å². The molecule has 2 saturated heterocycles. The lowest BCUT2D eigenvalue weighted by Crippen LogP contribution is -2.54. The maximum Gasteiger partial charge on any atom is 0.270 e. The van der Waals surface area contributed by atoms with Gasteiger partial charge in [-0.3, -0.25) is 4.79 Å². The molecule has 2 bridgehead atoms. The Hall–Kier alpha value is -2.44. The van der Waals surface area contributed by atoms with Gasteiger partial charge in [0.15, 0.2) is 0 Å². The molecule has 2 atom stereocenters. The summed E-state index contributed by atoms with van der Waals surface area (Å²) in [5.41, 5.74) is 0.523. The van der Waals surface area contributed by atoms with Gasteiger partial charge in [-0.05, 0) is 61.6 Å². The highest BCUT2D eigenvalue weighted by atomic mass is 35.5. The van der Waals surface area contributed by atoms with Crippen LogP contribution >= 0.6 is 11.6 Å². The van der Waals surface area contributed by atoms with Crippen LogP contribution in [-0.4, -0.2) is 38.6 Å². The van der Waals surface area contributed by atoms with E-state index in [-0.39, 0.29) is 24.4 Å². The third-order valence-electron chi connectivity index (χ3n) is 6.43. The highest BCUT2D eigenvalue weighted by Gasteiger charge is 2.49. The number of hydrogen-bond acceptors (Lipinski definition) is 2. The SMILES string of the molecule is O=C(c1cc2cc(Cl)ccc2[nH]1)N1[C@H]2CC[C@H]1CC(O)(Cc1ccc(F)cc1F)C2. The molecule has 2 aliphatic rings. The fourth-order valence-electron chi connectivity index (χ4n) is 5.18. The second-order valence-electron chi connectivity index (χ2n) is 8.56. The molecule has 2 N–H and O–H groups in total. The fraction of sp³-hybridized carbons (Fsp3) is 0.348. The van der Waals surface area contributed by atoms with Crippen LogP contribution in [-0.2, 0) is 6.42 Å². The van der Waals surface area contributed by atoms with E-state index in [1.165, 1.54) is 12.1 Å². The topological polar surface area (TPSA) is 56.3 Å². The molecule has 1 aromatic heterocycles. The van der Waals surface area contributed by atoms with Gasteiger partial charge < -0.3 is 15.0 Å². The van der Waals surface area contributed by atoms with Gasteiger partial charge in [0.05, 0.1) is 5.60 Å². The minimum Gasteiger partial charge on any atom is -0.389 e. The van der Waals surface area contributed by atoms with Crippen LogP contribution in [0.1, 0.15) is 41.7 Å². The summed E-state index contributed by atoms with van der Waals surface area (Å²) in [6, 6.07) is 10.4. The number of nitrogens with one attached hydrogen (secondary N) is 1. The number of piperidine rings is 1. The molecule has 156 valence electrons. The summed E-state index contributed by atoms with van der Waals surface area (Å²) in [5, 5.41) is 12.7. The van der Waals surface area contributed by atoms with Gasteiger partial charge in [-0.15, -0.1) is 0 Å². The van der Waals surface area contributed by atoms with E-state index in [2.05, 4.69) is 4.98 Å². The highest BCUT2D eigenvalue weighted by molar-refractivity contribution is 6.31. The molecule has 0 aliphatic carbocycles. The molecule has 2 aliphatic heterocycles. The summed E-state index contributed by atoms with van der Waals surface area (Å²) >= 11 is 6.05. The normalized spacial score (nSPS) is 25.8. The Balaban J connectivity index is 1.37. The van der Waals surface area contributed by atoms with Gasteiger partial charge in [-0.1, -0.05) is 17.7 Å². The van der Waals surface area contributed by atoms with Gasteiger partial charge in [-0.2, -0.15) is 0 Å². The Kier molecular flexibility index (Phi) is 4.60. The Bertz CT molecular complexity index is 1130. The van der Waals surface area contributed by atoms with Crippen molar-refractivity contribution < 1.29 is 18.7 Å². The summed E-state index contributed by atoms with van der Waals surface area (Å²) < 4.78 is 27.3. The third-order valence-corrected chi connectivity index (χ3v) is 6.67. The van der Waals surface area contributed by atoms with E-state index in [1.54, 1.807) is 12.1 Å². The van der Waals surface area contributed by atoms with E-state index in [0.717, 1.165) is 29.8 Å². The lowest BCUT2D eigenvalue weighted by molar-refractivity contribution is -0.0433. The molecule has 7 heteroatoms. The number of aromatic amines is 1. The largest absolute Gasteiger partial charge is 0.389 e. The zero-order chi connectivity index (χ0) is 21.0. The first-order chi connectivity index (χ1) is 14.3. The number of aliphatic hydroxyl groups is 1. The first-order valence-electron chi connectivity index (χ1n) is 10.1. The first kappa shape index (κ1) is 19.5. The van der Waals surface area contributed by atoms with Gasteiger partial charge in [0.1, 0.15) is 17.3 Å². The molecule has 0 unspecified atom stereocenters. The number of carbonyl (C=O) groups is 1. The van der Waals surface area contributed by atoms with E-state index >= 15 is 0 Å². The van der Waals surface area contributed by atoms with E-state index < -0.39 is 17.2 Å². The van der Waals surface area contributed by atoms with Crippen molar-refractivity contribution in [1.82, 2.24) is 9.88 Å². The summed E-state index contributed by atoms with van der Waals surface area (Å²) in [6.07, 6.45) is 2.46. The molecule has 5 rings (SSSR count). The van der Waals surface area contributed by atoms with Crippen molar-refractivity contribution in [1.29, 1.82) is 0 Å². The van der Waals surface area contributed by atoms with E-state index in [4.69, 9.17) is 11.6 Å². The van der Waals surface area contributed by atoms with Crippen molar-refractivity contribution >= 4 is 28.4 Å². The van der Waals surface area contributed by atoms with Crippen LogP contribution in [0.5, 0.6) is 0 Å². The van der Waals surface area contributed by atoms with Gasteiger partial charge in [0.2, 0.25) is 0 Å². The van der Waals surface area contributed by atoms with Gasteiger partial charge in [-0.25, -0.2) is 8.78 Å². The molecule has 0 radical (unpaired) electrons. The summed E-state index contributed by atoms with van der Waals surface area (Å²) in [4.78, 5) is 18.3. The van der Waals surface area contributed by atoms with E-state index in [1.807, 2.05) is 17.0 Å². The van der Waals surface area contributed by atoms with E-state index in [0.29, 0.717) is 29.1 Å². The minimum absolute atomic E-state index is 0.0927. The average molecular weight is 431 g/mol. The highest BCUT2D eigenvalue weighted by Crippen LogP contribution is 2.43. The minimum atomic E-state index is -1.12. The third kappa shape index (κ3) is 3.38. The summed E-state index contributed by atoms with van der Waals surface area (Å²) in [7, 11) is 0. The lowest BCUT2D eigenvalue weighted by Gasteiger charge is -2.44. The number of amides is 1. The van der Waals surface area contributed by atoms with Crippen molar-refractivity contribution in [2.24, 2.45) is 0 Å². The zero-order valence-corrected chi connectivity index (χ0v) is 16.9. The average Bonchev–Trinajstić information content (AvgIpc) is 3.22. The molecular formula is C23H21ClF2N2O2. The van der Waals surface area contributed by atoms with Crippen LogP contribution in [0, 0.1) is 11.6 Å². The monoisotopic (exact) mass is 430 g/mol. The Morgan fingerprint density at radius 1 is 1.13 bits per heavy atom.